The molecule has 100 valence electrons. The molecule has 0 fully saturated rings. The number of amides is 1. The van der Waals surface area contributed by atoms with Crippen molar-refractivity contribution in [2.24, 2.45) is 5.73 Å². The Morgan fingerprint density at radius 1 is 1.56 bits per heavy atom. The maximum Gasteiger partial charge on any atom is 0.242 e. The van der Waals surface area contributed by atoms with Crippen LogP contribution in [0.2, 0.25) is 0 Å². The van der Waals surface area contributed by atoms with E-state index < -0.39 is 21.8 Å². The number of anilines is 1. The van der Waals surface area contributed by atoms with Crippen molar-refractivity contribution in [1.82, 2.24) is 4.98 Å². The van der Waals surface area contributed by atoms with E-state index in [4.69, 9.17) is 5.73 Å². The maximum atomic E-state index is 11.7. The minimum absolute atomic E-state index is 0.0937. The molecule has 0 aromatic carbocycles. The number of hydrogen-bond donors (Lipinski definition) is 2. The lowest BCUT2D eigenvalue weighted by molar-refractivity contribution is -0.117. The SMILES string of the molecule is Cc1ccnc(NC(=O)[C@@H](N)CCS(C)(=O)=O)c1. The molecule has 7 heteroatoms. The van der Waals surface area contributed by atoms with Gasteiger partial charge in [0.25, 0.3) is 0 Å². The monoisotopic (exact) mass is 271 g/mol. The molecule has 1 atom stereocenters. The van der Waals surface area contributed by atoms with Gasteiger partial charge in [-0.15, -0.1) is 0 Å². The standard InChI is InChI=1S/C11H17N3O3S/c1-8-3-5-13-10(7-8)14-11(15)9(12)4-6-18(2,16)17/h3,5,7,9H,4,6,12H2,1-2H3,(H,13,14,15)/t9-/m0/s1. The maximum absolute atomic E-state index is 11.7. The first-order chi connectivity index (χ1) is 8.28. The molecule has 0 unspecified atom stereocenters. The molecular formula is C11H17N3O3S. The summed E-state index contributed by atoms with van der Waals surface area (Å²) in [6.45, 7) is 1.88. The average molecular weight is 271 g/mol. The van der Waals surface area contributed by atoms with Crippen molar-refractivity contribution in [3.05, 3.63) is 23.9 Å². The van der Waals surface area contributed by atoms with E-state index >= 15 is 0 Å². The molecule has 1 amide bonds. The Balaban J connectivity index is 2.55. The van der Waals surface area contributed by atoms with Crippen LogP contribution in [0.15, 0.2) is 18.3 Å². The zero-order valence-corrected chi connectivity index (χ0v) is 11.2. The number of carbonyl (C=O) groups is 1. The van der Waals surface area contributed by atoms with Crippen LogP contribution >= 0.6 is 0 Å². The Morgan fingerprint density at radius 2 is 2.22 bits per heavy atom. The second-order valence-corrected chi connectivity index (χ2v) is 6.49. The molecule has 1 aromatic rings. The fourth-order valence-electron chi connectivity index (χ4n) is 1.30. The summed E-state index contributed by atoms with van der Waals surface area (Å²) in [5, 5.41) is 2.55. The van der Waals surface area contributed by atoms with Gasteiger partial charge in [-0.05, 0) is 31.0 Å². The molecule has 6 nitrogen and oxygen atoms in total. The molecule has 1 rings (SSSR count). The van der Waals surface area contributed by atoms with Gasteiger partial charge in [0.1, 0.15) is 15.7 Å². The van der Waals surface area contributed by atoms with E-state index in [0.29, 0.717) is 5.82 Å². The number of nitrogens with zero attached hydrogens (tertiary/aromatic N) is 1. The van der Waals surface area contributed by atoms with Crippen molar-refractivity contribution in [2.75, 3.05) is 17.3 Å². The minimum Gasteiger partial charge on any atom is -0.320 e. The Bertz CT molecular complexity index is 528. The minimum atomic E-state index is -3.11. The number of pyridine rings is 1. The Hall–Kier alpha value is -1.47. The molecule has 0 saturated heterocycles. The van der Waals surface area contributed by atoms with E-state index in [-0.39, 0.29) is 12.2 Å². The van der Waals surface area contributed by atoms with E-state index in [1.54, 1.807) is 18.3 Å². The number of nitrogens with one attached hydrogen (secondary N) is 1. The zero-order chi connectivity index (χ0) is 13.8. The van der Waals surface area contributed by atoms with Crippen molar-refractivity contribution in [3.8, 4) is 0 Å². The highest BCUT2D eigenvalue weighted by Crippen LogP contribution is 2.06. The van der Waals surface area contributed by atoms with Crippen LogP contribution in [0.4, 0.5) is 5.82 Å². The summed E-state index contributed by atoms with van der Waals surface area (Å²) in [7, 11) is -3.11. The van der Waals surface area contributed by atoms with Crippen molar-refractivity contribution < 1.29 is 13.2 Å². The highest BCUT2D eigenvalue weighted by Gasteiger charge is 2.16. The number of aryl methyl sites for hydroxylation is 1. The number of hydrogen-bond acceptors (Lipinski definition) is 5. The van der Waals surface area contributed by atoms with Crippen LogP contribution in [-0.2, 0) is 14.6 Å². The number of nitrogens with two attached hydrogens (primary N) is 1. The lowest BCUT2D eigenvalue weighted by Crippen LogP contribution is -2.37. The fourth-order valence-corrected chi connectivity index (χ4v) is 1.98. The zero-order valence-electron chi connectivity index (χ0n) is 10.4. The van der Waals surface area contributed by atoms with Crippen LogP contribution in [0.5, 0.6) is 0 Å². The average Bonchev–Trinajstić information content (AvgIpc) is 2.24. The van der Waals surface area contributed by atoms with E-state index in [9.17, 15) is 13.2 Å². The molecule has 0 bridgehead atoms. The van der Waals surface area contributed by atoms with Crippen molar-refractivity contribution in [2.45, 2.75) is 19.4 Å². The third-order valence-electron chi connectivity index (χ3n) is 2.30. The molecule has 0 radical (unpaired) electrons. The number of rotatable bonds is 5. The molecule has 18 heavy (non-hydrogen) atoms. The van der Waals surface area contributed by atoms with Gasteiger partial charge in [-0.2, -0.15) is 0 Å². The van der Waals surface area contributed by atoms with E-state index in [0.717, 1.165) is 11.8 Å². The molecule has 1 heterocycles. The highest BCUT2D eigenvalue weighted by atomic mass is 32.2. The number of carbonyl (C=O) groups excluding carboxylic acids is 1. The van der Waals surface area contributed by atoms with Crippen LogP contribution in [-0.4, -0.2) is 37.4 Å². The second kappa shape index (κ2) is 5.92. The van der Waals surface area contributed by atoms with Gasteiger partial charge in [0, 0.05) is 12.5 Å². The topological polar surface area (TPSA) is 102 Å². The molecule has 0 aliphatic rings. The quantitative estimate of drug-likeness (QED) is 0.790. The number of aromatic nitrogens is 1. The Kier molecular flexibility index (Phi) is 4.80. The summed E-state index contributed by atoms with van der Waals surface area (Å²) in [6, 6.07) is 2.66. The summed E-state index contributed by atoms with van der Waals surface area (Å²) in [6.07, 6.45) is 2.78. The molecule has 0 saturated carbocycles. The van der Waals surface area contributed by atoms with Crippen molar-refractivity contribution in [3.63, 3.8) is 0 Å². The predicted octanol–water partition coefficient (Wildman–Crippen LogP) is 0.0905. The van der Waals surface area contributed by atoms with E-state index in [1.165, 1.54) is 0 Å². The Morgan fingerprint density at radius 3 is 2.78 bits per heavy atom. The van der Waals surface area contributed by atoms with Gasteiger partial charge >= 0.3 is 0 Å². The van der Waals surface area contributed by atoms with Crippen LogP contribution in [0.3, 0.4) is 0 Å². The van der Waals surface area contributed by atoms with Crippen molar-refractivity contribution in [1.29, 1.82) is 0 Å². The van der Waals surface area contributed by atoms with Gasteiger partial charge in [-0.3, -0.25) is 4.79 Å². The first-order valence-electron chi connectivity index (χ1n) is 5.45. The van der Waals surface area contributed by atoms with Crippen LogP contribution in [0, 0.1) is 6.92 Å². The summed E-state index contributed by atoms with van der Waals surface area (Å²) >= 11 is 0. The highest BCUT2D eigenvalue weighted by molar-refractivity contribution is 7.90. The normalized spacial score (nSPS) is 13.1. The van der Waals surface area contributed by atoms with Gasteiger partial charge in [0.2, 0.25) is 5.91 Å². The van der Waals surface area contributed by atoms with Gasteiger partial charge in [-0.25, -0.2) is 13.4 Å². The number of sulfone groups is 1. The third-order valence-corrected chi connectivity index (χ3v) is 3.28. The largest absolute Gasteiger partial charge is 0.320 e. The van der Waals surface area contributed by atoms with E-state index in [1.807, 2.05) is 6.92 Å². The summed E-state index contributed by atoms with van der Waals surface area (Å²) in [5.41, 5.74) is 6.57. The summed E-state index contributed by atoms with van der Waals surface area (Å²) < 4.78 is 21.9. The summed E-state index contributed by atoms with van der Waals surface area (Å²) in [5.74, 6) is -0.130. The van der Waals surface area contributed by atoms with Gasteiger partial charge in [-0.1, -0.05) is 0 Å². The first-order valence-corrected chi connectivity index (χ1v) is 7.51. The van der Waals surface area contributed by atoms with Crippen molar-refractivity contribution >= 4 is 21.6 Å². The summed E-state index contributed by atoms with van der Waals surface area (Å²) in [4.78, 5) is 15.6. The molecular weight excluding hydrogens is 254 g/mol. The lowest BCUT2D eigenvalue weighted by atomic mass is 10.2. The van der Waals surface area contributed by atoms with Gasteiger partial charge in [0.05, 0.1) is 11.8 Å². The first kappa shape index (κ1) is 14.6. The van der Waals surface area contributed by atoms with Crippen LogP contribution in [0.1, 0.15) is 12.0 Å². The predicted molar refractivity (Wildman–Crippen MR) is 69.9 cm³/mol. The van der Waals surface area contributed by atoms with Crippen LogP contribution < -0.4 is 11.1 Å². The van der Waals surface area contributed by atoms with Gasteiger partial charge in [0.15, 0.2) is 0 Å². The smallest absolute Gasteiger partial charge is 0.242 e. The second-order valence-electron chi connectivity index (χ2n) is 4.23. The Labute approximate surface area is 107 Å². The third kappa shape index (κ3) is 5.24. The molecule has 3 N–H and O–H groups in total. The van der Waals surface area contributed by atoms with Gasteiger partial charge < -0.3 is 11.1 Å². The fraction of sp³-hybridized carbons (Fsp3) is 0.455. The molecule has 1 aromatic heterocycles. The molecule has 0 aliphatic carbocycles. The van der Waals surface area contributed by atoms with Crippen LogP contribution in [0.25, 0.3) is 0 Å². The lowest BCUT2D eigenvalue weighted by Gasteiger charge is -2.11. The van der Waals surface area contributed by atoms with E-state index in [2.05, 4.69) is 10.3 Å². The molecule has 0 aliphatic heterocycles. The molecule has 0 spiro atoms.